The van der Waals surface area contributed by atoms with Gasteiger partial charge in [0.2, 0.25) is 5.13 Å². The van der Waals surface area contributed by atoms with Crippen LogP contribution >= 0.6 is 22.9 Å². The van der Waals surface area contributed by atoms with Crippen molar-refractivity contribution in [3.05, 3.63) is 27.7 Å². The number of aliphatic hydroxyl groups is 1. The third-order valence-electron chi connectivity index (χ3n) is 1.87. The largest absolute Gasteiger partial charge is 0.384 e. The zero-order valence-electron chi connectivity index (χ0n) is 9.43. The van der Waals surface area contributed by atoms with E-state index < -0.39 is 0 Å². The van der Waals surface area contributed by atoms with Crippen LogP contribution in [-0.4, -0.2) is 27.0 Å². The first-order valence-corrected chi connectivity index (χ1v) is 6.59. The van der Waals surface area contributed by atoms with Crippen LogP contribution in [0.1, 0.15) is 20.4 Å². The fourth-order valence-corrected chi connectivity index (χ4v) is 2.51. The molecule has 0 atom stereocenters. The van der Waals surface area contributed by atoms with Crippen molar-refractivity contribution in [1.82, 2.24) is 9.36 Å². The molecule has 0 radical (unpaired) electrons. The smallest absolute Gasteiger partial charge is 0.267 e. The van der Waals surface area contributed by atoms with Gasteiger partial charge >= 0.3 is 0 Å². The van der Waals surface area contributed by atoms with Gasteiger partial charge in [-0.05, 0) is 19.1 Å². The Labute approximate surface area is 112 Å². The highest BCUT2D eigenvalue weighted by atomic mass is 32.1. The van der Waals surface area contributed by atoms with Gasteiger partial charge in [0, 0.05) is 11.5 Å². The Morgan fingerprint density at radius 1 is 1.56 bits per heavy atom. The number of hydrogen-bond acceptors (Lipinski definition) is 6. The van der Waals surface area contributed by atoms with Crippen LogP contribution in [0.4, 0.5) is 5.13 Å². The Hall–Kier alpha value is -1.75. The molecule has 0 saturated heterocycles. The summed E-state index contributed by atoms with van der Waals surface area (Å²) in [4.78, 5) is 17.2. The van der Waals surface area contributed by atoms with Crippen molar-refractivity contribution in [3.8, 4) is 11.8 Å². The van der Waals surface area contributed by atoms with Crippen molar-refractivity contribution >= 4 is 33.9 Å². The Bertz CT molecular complexity index is 622. The highest BCUT2D eigenvalue weighted by Gasteiger charge is 2.11. The summed E-state index contributed by atoms with van der Waals surface area (Å²) in [6.07, 6.45) is 0. The predicted molar refractivity (Wildman–Crippen MR) is 70.9 cm³/mol. The maximum absolute atomic E-state index is 11.9. The molecule has 0 aliphatic carbocycles. The van der Waals surface area contributed by atoms with Gasteiger partial charge in [0.15, 0.2) is 0 Å². The van der Waals surface area contributed by atoms with Crippen LogP contribution in [0.3, 0.4) is 0 Å². The lowest BCUT2D eigenvalue weighted by Crippen LogP contribution is -2.09. The number of aromatic nitrogens is 2. The van der Waals surface area contributed by atoms with E-state index in [0.29, 0.717) is 15.8 Å². The van der Waals surface area contributed by atoms with Crippen molar-refractivity contribution in [2.75, 3.05) is 11.9 Å². The average molecular weight is 279 g/mol. The molecular weight excluding hydrogens is 270 g/mol. The Morgan fingerprint density at radius 3 is 3.06 bits per heavy atom. The van der Waals surface area contributed by atoms with Crippen molar-refractivity contribution in [3.63, 3.8) is 0 Å². The van der Waals surface area contributed by atoms with Gasteiger partial charge in [-0.2, -0.15) is 4.37 Å². The first-order chi connectivity index (χ1) is 8.69. The van der Waals surface area contributed by atoms with E-state index >= 15 is 0 Å². The summed E-state index contributed by atoms with van der Waals surface area (Å²) in [6, 6.07) is 3.43. The summed E-state index contributed by atoms with van der Waals surface area (Å²) in [5.74, 6) is 5.69. The molecule has 2 heterocycles. The van der Waals surface area contributed by atoms with Crippen LogP contribution in [-0.2, 0) is 0 Å². The molecule has 0 unspecified atom stereocenters. The molecule has 0 bridgehead atoms. The zero-order valence-corrected chi connectivity index (χ0v) is 11.1. The molecule has 0 spiro atoms. The number of hydrogen-bond donors (Lipinski definition) is 2. The Morgan fingerprint density at radius 2 is 2.39 bits per heavy atom. The summed E-state index contributed by atoms with van der Waals surface area (Å²) in [7, 11) is 0. The maximum Gasteiger partial charge on any atom is 0.267 e. The number of rotatable bonds is 2. The van der Waals surface area contributed by atoms with Crippen molar-refractivity contribution in [1.29, 1.82) is 0 Å². The fraction of sp³-hybridized carbons (Fsp3) is 0.182. The van der Waals surface area contributed by atoms with E-state index in [1.807, 2.05) is 0 Å². The summed E-state index contributed by atoms with van der Waals surface area (Å²) in [5, 5.41) is 11.7. The number of nitrogens with zero attached hydrogens (tertiary/aromatic N) is 2. The quantitative estimate of drug-likeness (QED) is 0.817. The number of carbonyl (C=O) groups excluding carboxylic acids is 1. The molecule has 2 aromatic rings. The second-order valence-electron chi connectivity index (χ2n) is 3.22. The lowest BCUT2D eigenvalue weighted by atomic mass is 10.4. The van der Waals surface area contributed by atoms with E-state index in [1.54, 1.807) is 19.1 Å². The summed E-state index contributed by atoms with van der Waals surface area (Å²) in [6.45, 7) is 1.57. The number of amides is 1. The SMILES string of the molecule is Cc1nsc(NC(=O)c2ccc(C#CCO)s2)n1. The molecule has 2 aromatic heterocycles. The molecule has 0 saturated carbocycles. The van der Waals surface area contributed by atoms with E-state index in [9.17, 15) is 4.79 Å². The number of aryl methyl sites for hydroxylation is 1. The van der Waals surface area contributed by atoms with Gasteiger partial charge in [0.25, 0.3) is 5.91 Å². The van der Waals surface area contributed by atoms with Crippen LogP contribution in [0.5, 0.6) is 0 Å². The monoisotopic (exact) mass is 279 g/mol. The van der Waals surface area contributed by atoms with Crippen LogP contribution < -0.4 is 5.32 Å². The zero-order chi connectivity index (χ0) is 13.0. The minimum atomic E-state index is -0.229. The molecule has 92 valence electrons. The minimum Gasteiger partial charge on any atom is -0.384 e. The highest BCUT2D eigenvalue weighted by Crippen LogP contribution is 2.18. The minimum absolute atomic E-state index is 0.191. The summed E-state index contributed by atoms with van der Waals surface area (Å²) in [5.41, 5.74) is 0. The van der Waals surface area contributed by atoms with Gasteiger partial charge in [-0.3, -0.25) is 10.1 Å². The van der Waals surface area contributed by atoms with E-state index in [0.717, 1.165) is 16.4 Å². The first-order valence-electron chi connectivity index (χ1n) is 5.00. The fourth-order valence-electron chi connectivity index (χ4n) is 1.16. The van der Waals surface area contributed by atoms with Crippen molar-refractivity contribution in [2.45, 2.75) is 6.92 Å². The van der Waals surface area contributed by atoms with Gasteiger partial charge < -0.3 is 5.11 Å². The molecule has 0 fully saturated rings. The number of nitrogens with one attached hydrogen (secondary N) is 1. The highest BCUT2D eigenvalue weighted by molar-refractivity contribution is 7.15. The molecule has 5 nitrogen and oxygen atoms in total. The molecule has 1 amide bonds. The molecule has 2 rings (SSSR count). The van der Waals surface area contributed by atoms with Crippen LogP contribution in [0.2, 0.25) is 0 Å². The molecule has 0 aliphatic rings. The summed E-state index contributed by atoms with van der Waals surface area (Å²) >= 11 is 2.41. The molecule has 2 N–H and O–H groups in total. The Balaban J connectivity index is 2.07. The van der Waals surface area contributed by atoms with E-state index in [-0.39, 0.29) is 12.5 Å². The van der Waals surface area contributed by atoms with Crippen molar-refractivity contribution < 1.29 is 9.90 Å². The van der Waals surface area contributed by atoms with Crippen LogP contribution in [0.25, 0.3) is 0 Å². The summed E-state index contributed by atoms with van der Waals surface area (Å²) < 4.78 is 3.98. The van der Waals surface area contributed by atoms with E-state index in [2.05, 4.69) is 26.5 Å². The average Bonchev–Trinajstić information content (AvgIpc) is 2.96. The standard InChI is InChI=1S/C11H9N3O2S2/c1-7-12-11(18-14-7)13-10(16)9-5-4-8(17-9)3-2-6-15/h4-5,15H,6H2,1H3,(H,12,13,14,16). The second-order valence-corrected chi connectivity index (χ2v) is 5.06. The predicted octanol–water partition coefficient (Wildman–Crippen LogP) is 1.50. The topological polar surface area (TPSA) is 75.1 Å². The maximum atomic E-state index is 11.9. The lowest BCUT2D eigenvalue weighted by molar-refractivity contribution is 0.103. The van der Waals surface area contributed by atoms with E-state index in [1.165, 1.54) is 11.3 Å². The van der Waals surface area contributed by atoms with Gasteiger partial charge in [-0.15, -0.1) is 11.3 Å². The second kappa shape index (κ2) is 5.73. The number of thiophene rings is 1. The van der Waals surface area contributed by atoms with Gasteiger partial charge in [0.05, 0.1) is 9.75 Å². The Kier molecular flexibility index (Phi) is 4.04. The normalized spacial score (nSPS) is 9.67. The van der Waals surface area contributed by atoms with E-state index in [4.69, 9.17) is 5.11 Å². The van der Waals surface area contributed by atoms with Crippen LogP contribution in [0, 0.1) is 18.8 Å². The van der Waals surface area contributed by atoms with Gasteiger partial charge in [-0.1, -0.05) is 11.8 Å². The third-order valence-corrected chi connectivity index (χ3v) is 3.59. The first kappa shape index (κ1) is 12.7. The van der Waals surface area contributed by atoms with Gasteiger partial charge in [0.1, 0.15) is 12.4 Å². The molecule has 0 aromatic carbocycles. The van der Waals surface area contributed by atoms with Crippen LogP contribution in [0.15, 0.2) is 12.1 Å². The molecule has 18 heavy (non-hydrogen) atoms. The number of aliphatic hydroxyl groups excluding tert-OH is 1. The molecule has 7 heteroatoms. The molecule has 0 aliphatic heterocycles. The number of carbonyl (C=O) groups is 1. The number of anilines is 1. The van der Waals surface area contributed by atoms with Gasteiger partial charge in [-0.25, -0.2) is 4.98 Å². The third kappa shape index (κ3) is 3.13. The lowest BCUT2D eigenvalue weighted by Gasteiger charge is -1.96. The molecular formula is C11H9N3O2S2. The van der Waals surface area contributed by atoms with Crippen molar-refractivity contribution in [2.24, 2.45) is 0 Å².